The van der Waals surface area contributed by atoms with Crippen molar-refractivity contribution in [1.82, 2.24) is 5.32 Å². The lowest BCUT2D eigenvalue weighted by atomic mass is 10.2. The molecule has 0 aliphatic heterocycles. The maximum Gasteiger partial charge on any atom is 0.407 e. The molecule has 0 aliphatic rings. The monoisotopic (exact) mass is 289 g/mol. The first-order valence-corrected chi connectivity index (χ1v) is 7.07. The van der Waals surface area contributed by atoms with Crippen molar-refractivity contribution in [2.45, 2.75) is 65.1 Å². The number of nitrogens with one attached hydrogen (secondary N) is 1. The third-order valence-corrected chi connectivity index (χ3v) is 2.42. The molecule has 1 amide bonds. The quantitative estimate of drug-likeness (QED) is 0.637. The van der Waals surface area contributed by atoms with E-state index in [0.717, 1.165) is 19.3 Å². The highest BCUT2D eigenvalue weighted by Crippen LogP contribution is 2.07. The summed E-state index contributed by atoms with van der Waals surface area (Å²) >= 11 is 0. The van der Waals surface area contributed by atoms with Gasteiger partial charge < -0.3 is 19.9 Å². The van der Waals surface area contributed by atoms with E-state index in [1.807, 2.05) is 0 Å². The molecule has 0 spiro atoms. The number of rotatable bonds is 9. The lowest BCUT2D eigenvalue weighted by Crippen LogP contribution is -2.35. The number of amides is 1. The van der Waals surface area contributed by atoms with E-state index in [2.05, 4.69) is 12.2 Å². The smallest absolute Gasteiger partial charge is 0.407 e. The van der Waals surface area contributed by atoms with Crippen molar-refractivity contribution in [3.05, 3.63) is 0 Å². The summed E-state index contributed by atoms with van der Waals surface area (Å²) in [6.07, 6.45) is 1.71. The highest BCUT2D eigenvalue weighted by Gasteiger charge is 2.19. The molecule has 0 heterocycles. The van der Waals surface area contributed by atoms with Crippen LogP contribution >= 0.6 is 0 Å². The van der Waals surface area contributed by atoms with Crippen LogP contribution in [0.5, 0.6) is 0 Å². The van der Waals surface area contributed by atoms with Gasteiger partial charge in [0.2, 0.25) is 0 Å². The van der Waals surface area contributed by atoms with Gasteiger partial charge >= 0.3 is 12.1 Å². The average molecular weight is 289 g/mol. The molecule has 0 saturated carbocycles. The third-order valence-electron chi connectivity index (χ3n) is 2.42. The second kappa shape index (κ2) is 9.58. The molecular weight excluding hydrogens is 262 g/mol. The summed E-state index contributed by atoms with van der Waals surface area (Å²) in [7, 11) is 0. The van der Waals surface area contributed by atoms with Gasteiger partial charge in [-0.15, -0.1) is 0 Å². The fourth-order valence-electron chi connectivity index (χ4n) is 1.48. The molecule has 2 N–H and O–H groups in total. The second-order valence-corrected chi connectivity index (χ2v) is 5.62. The molecule has 6 nitrogen and oxygen atoms in total. The van der Waals surface area contributed by atoms with E-state index in [9.17, 15) is 9.59 Å². The Morgan fingerprint density at radius 3 is 2.40 bits per heavy atom. The van der Waals surface area contributed by atoms with E-state index in [4.69, 9.17) is 14.6 Å². The number of ether oxygens (including phenoxy) is 2. The van der Waals surface area contributed by atoms with Gasteiger partial charge in [-0.2, -0.15) is 0 Å². The van der Waals surface area contributed by atoms with Gasteiger partial charge in [0, 0.05) is 19.6 Å². The Balaban J connectivity index is 3.91. The van der Waals surface area contributed by atoms with Gasteiger partial charge in [0.1, 0.15) is 5.60 Å². The first-order chi connectivity index (χ1) is 9.26. The largest absolute Gasteiger partial charge is 0.479 e. The summed E-state index contributed by atoms with van der Waals surface area (Å²) in [5.74, 6) is -1.01. The van der Waals surface area contributed by atoms with Gasteiger partial charge in [-0.1, -0.05) is 19.8 Å². The molecule has 0 rings (SSSR count). The summed E-state index contributed by atoms with van der Waals surface area (Å²) < 4.78 is 10.4. The number of alkyl carbamates (subject to hydrolysis) is 1. The number of hydrogen-bond donors (Lipinski definition) is 2. The normalized spacial score (nSPS) is 12.8. The van der Waals surface area contributed by atoms with Gasteiger partial charge in [-0.05, 0) is 27.2 Å². The van der Waals surface area contributed by atoms with Crippen molar-refractivity contribution in [2.24, 2.45) is 0 Å². The maximum atomic E-state index is 11.4. The van der Waals surface area contributed by atoms with Crippen LogP contribution in [-0.4, -0.2) is 42.0 Å². The summed E-state index contributed by atoms with van der Waals surface area (Å²) in [4.78, 5) is 22.4. The summed E-state index contributed by atoms with van der Waals surface area (Å²) in [6, 6.07) is 0. The molecule has 0 saturated heterocycles. The number of carboxylic acid groups (broad SMARTS) is 1. The van der Waals surface area contributed by atoms with E-state index in [-0.39, 0.29) is 13.0 Å². The van der Waals surface area contributed by atoms with E-state index in [1.165, 1.54) is 0 Å². The highest BCUT2D eigenvalue weighted by atomic mass is 16.6. The minimum atomic E-state index is -1.01. The summed E-state index contributed by atoms with van der Waals surface area (Å²) in [5, 5.41) is 11.5. The van der Waals surface area contributed by atoms with Crippen molar-refractivity contribution in [3.63, 3.8) is 0 Å². The zero-order chi connectivity index (χ0) is 15.6. The Morgan fingerprint density at radius 1 is 1.25 bits per heavy atom. The standard InChI is InChI=1S/C14H27NO5/c1-5-6-7-10-19-11(12(16)17)8-9-15-13(18)20-14(2,3)4/h11H,5-10H2,1-4H3,(H,15,18)(H,16,17)/t11-/m0/s1. The molecule has 0 aromatic heterocycles. The Kier molecular flexibility index (Phi) is 8.96. The maximum absolute atomic E-state index is 11.4. The molecule has 0 bridgehead atoms. The molecule has 0 aromatic carbocycles. The lowest BCUT2D eigenvalue weighted by Gasteiger charge is -2.20. The number of hydrogen-bond acceptors (Lipinski definition) is 4. The number of aliphatic carboxylic acids is 1. The minimum Gasteiger partial charge on any atom is -0.479 e. The van der Waals surface area contributed by atoms with Crippen LogP contribution in [0.15, 0.2) is 0 Å². The molecule has 0 unspecified atom stereocenters. The fourth-order valence-corrected chi connectivity index (χ4v) is 1.48. The Morgan fingerprint density at radius 2 is 1.90 bits per heavy atom. The van der Waals surface area contributed by atoms with Crippen LogP contribution in [0, 0.1) is 0 Å². The average Bonchev–Trinajstić information content (AvgIpc) is 2.29. The van der Waals surface area contributed by atoms with Gasteiger partial charge in [0.05, 0.1) is 0 Å². The molecule has 1 atom stereocenters. The molecule has 6 heteroatoms. The summed E-state index contributed by atoms with van der Waals surface area (Å²) in [5.41, 5.74) is -0.563. The van der Waals surface area contributed by atoms with Crippen LogP contribution in [0.3, 0.4) is 0 Å². The van der Waals surface area contributed by atoms with Gasteiger partial charge in [0.25, 0.3) is 0 Å². The number of carboxylic acids is 1. The Hall–Kier alpha value is -1.30. The fraction of sp³-hybridized carbons (Fsp3) is 0.857. The van der Waals surface area contributed by atoms with Crippen LogP contribution in [0.4, 0.5) is 4.79 Å². The minimum absolute atomic E-state index is 0.208. The topological polar surface area (TPSA) is 84.9 Å². The van der Waals surface area contributed by atoms with Crippen LogP contribution in [0.2, 0.25) is 0 Å². The third kappa shape index (κ3) is 10.6. The van der Waals surface area contributed by atoms with E-state index in [1.54, 1.807) is 20.8 Å². The Labute approximate surface area is 120 Å². The lowest BCUT2D eigenvalue weighted by molar-refractivity contribution is -0.150. The van der Waals surface area contributed by atoms with Crippen LogP contribution in [0.1, 0.15) is 53.4 Å². The predicted molar refractivity (Wildman–Crippen MR) is 75.8 cm³/mol. The number of carbonyl (C=O) groups is 2. The molecule has 118 valence electrons. The van der Waals surface area contributed by atoms with Crippen molar-refractivity contribution >= 4 is 12.1 Å². The van der Waals surface area contributed by atoms with Gasteiger partial charge in [-0.25, -0.2) is 9.59 Å². The highest BCUT2D eigenvalue weighted by molar-refractivity contribution is 5.72. The first kappa shape index (κ1) is 18.7. The molecule has 0 aliphatic carbocycles. The van der Waals surface area contributed by atoms with E-state index >= 15 is 0 Å². The predicted octanol–water partition coefficient (Wildman–Crippen LogP) is 2.56. The zero-order valence-electron chi connectivity index (χ0n) is 12.9. The van der Waals surface area contributed by atoms with E-state index < -0.39 is 23.8 Å². The Bertz CT molecular complexity index is 298. The first-order valence-electron chi connectivity index (χ1n) is 7.07. The number of unbranched alkanes of at least 4 members (excludes halogenated alkanes) is 2. The molecule has 20 heavy (non-hydrogen) atoms. The van der Waals surface area contributed by atoms with Crippen LogP contribution < -0.4 is 5.32 Å². The molecular formula is C14H27NO5. The van der Waals surface area contributed by atoms with Gasteiger partial charge in [0.15, 0.2) is 6.10 Å². The van der Waals surface area contributed by atoms with Crippen molar-refractivity contribution in [3.8, 4) is 0 Å². The SMILES string of the molecule is CCCCCO[C@@H](CCNC(=O)OC(C)(C)C)C(=O)O. The number of carbonyl (C=O) groups excluding carboxylic acids is 1. The van der Waals surface area contributed by atoms with Crippen molar-refractivity contribution in [2.75, 3.05) is 13.2 Å². The van der Waals surface area contributed by atoms with Gasteiger partial charge in [-0.3, -0.25) is 0 Å². The molecule has 0 fully saturated rings. The second-order valence-electron chi connectivity index (χ2n) is 5.62. The summed E-state index contributed by atoms with van der Waals surface area (Å²) in [6.45, 7) is 8.01. The molecule has 0 radical (unpaired) electrons. The van der Waals surface area contributed by atoms with Crippen molar-refractivity contribution < 1.29 is 24.2 Å². The zero-order valence-corrected chi connectivity index (χ0v) is 12.9. The van der Waals surface area contributed by atoms with Crippen LogP contribution in [0.25, 0.3) is 0 Å². The van der Waals surface area contributed by atoms with E-state index in [0.29, 0.717) is 6.61 Å². The molecule has 0 aromatic rings. The van der Waals surface area contributed by atoms with Crippen molar-refractivity contribution in [1.29, 1.82) is 0 Å². The van der Waals surface area contributed by atoms with Crippen LogP contribution in [-0.2, 0) is 14.3 Å².